The van der Waals surface area contributed by atoms with Gasteiger partial charge in [0.25, 0.3) is 0 Å². The minimum Gasteiger partial charge on any atom is -0.508 e. The van der Waals surface area contributed by atoms with Crippen LogP contribution in [0.1, 0.15) is 68.9 Å². The number of thiazole rings is 1. The predicted octanol–water partition coefficient (Wildman–Crippen LogP) is 4.03. The molecule has 1 heterocycles. The lowest BCUT2D eigenvalue weighted by atomic mass is 9.47. The Hall–Kier alpha value is -2.49. The van der Waals surface area contributed by atoms with Crippen molar-refractivity contribution in [1.82, 2.24) is 4.98 Å². The zero-order valence-corrected chi connectivity index (χ0v) is 21.6. The van der Waals surface area contributed by atoms with E-state index in [9.17, 15) is 24.9 Å². The molecular weight excluding hydrogens is 478 g/mol. The first-order valence-electron chi connectivity index (χ1n) is 12.8. The number of phenols is 1. The smallest absolute Gasteiger partial charge is 0.229 e. The summed E-state index contributed by atoms with van der Waals surface area (Å²) in [6, 6.07) is 6.46. The molecule has 0 aliphatic heterocycles. The first-order chi connectivity index (χ1) is 17.1. The van der Waals surface area contributed by atoms with Crippen molar-refractivity contribution in [3.8, 4) is 5.75 Å². The Labute approximate surface area is 215 Å². The number of carbonyl (C=O) groups excluding carboxylic acids is 2. The van der Waals surface area contributed by atoms with Gasteiger partial charge < -0.3 is 26.0 Å². The van der Waals surface area contributed by atoms with E-state index in [0.717, 1.165) is 29.8 Å². The van der Waals surface area contributed by atoms with Gasteiger partial charge in [-0.25, -0.2) is 4.98 Å². The number of carbonyl (C=O) groups is 2. The number of hydrogen-bond acceptors (Lipinski definition) is 7. The van der Waals surface area contributed by atoms with E-state index in [1.165, 1.54) is 17.4 Å². The van der Waals surface area contributed by atoms with E-state index in [0.29, 0.717) is 30.1 Å². The van der Waals surface area contributed by atoms with Crippen molar-refractivity contribution >= 4 is 34.0 Å². The number of aliphatic hydroxyl groups excluding tert-OH is 2. The highest BCUT2D eigenvalue weighted by Crippen LogP contribution is 2.62. The number of aromatic hydroxyl groups is 1. The van der Waals surface area contributed by atoms with E-state index in [1.807, 2.05) is 6.92 Å². The van der Waals surface area contributed by atoms with E-state index in [1.54, 1.807) is 18.2 Å². The highest BCUT2D eigenvalue weighted by molar-refractivity contribution is 7.15. The van der Waals surface area contributed by atoms with Gasteiger partial charge in [-0.15, -0.1) is 11.3 Å². The molecule has 0 bridgehead atoms. The average molecular weight is 514 g/mol. The number of aromatic nitrogens is 1. The highest BCUT2D eigenvalue weighted by atomic mass is 32.1. The second kappa shape index (κ2) is 9.43. The Morgan fingerprint density at radius 2 is 1.97 bits per heavy atom. The quantitative estimate of drug-likeness (QED) is 0.396. The standard InChI is InChI=1S/C27H35N3O5S/c1-26-10-9-21(33)27(2,14-31)20(26)13-19-23(29-25(36-19)30-24(35)15-5-3-6-15)18(26)12-22(34)28-16-7-4-8-17(32)11-16/h4,7-8,11,15,18,20-21,31-33H,3,5-6,9-10,12-14H2,1-2H3,(H,28,34)(H,29,30,35). The number of amides is 2. The maximum Gasteiger partial charge on any atom is 0.229 e. The van der Waals surface area contributed by atoms with Gasteiger partial charge in [0.05, 0.1) is 18.4 Å². The average Bonchev–Trinajstić information content (AvgIpc) is 3.18. The number of hydrogen-bond donors (Lipinski definition) is 5. The summed E-state index contributed by atoms with van der Waals surface area (Å²) in [6.45, 7) is 3.95. The third-order valence-corrected chi connectivity index (χ3v) is 10.1. The molecule has 1 aromatic heterocycles. The summed E-state index contributed by atoms with van der Waals surface area (Å²) in [5, 5.41) is 37.5. The van der Waals surface area contributed by atoms with Crippen LogP contribution >= 0.6 is 11.3 Å². The van der Waals surface area contributed by atoms with Crippen molar-refractivity contribution in [2.75, 3.05) is 17.2 Å². The molecule has 1 aromatic carbocycles. The molecule has 5 unspecified atom stereocenters. The lowest BCUT2D eigenvalue weighted by Gasteiger charge is -2.58. The van der Waals surface area contributed by atoms with Gasteiger partial charge >= 0.3 is 0 Å². The summed E-state index contributed by atoms with van der Waals surface area (Å²) >= 11 is 1.45. The van der Waals surface area contributed by atoms with Gasteiger partial charge in [0.1, 0.15) is 5.75 Å². The van der Waals surface area contributed by atoms with E-state index in [4.69, 9.17) is 4.98 Å². The van der Waals surface area contributed by atoms with Crippen LogP contribution in [-0.2, 0) is 16.0 Å². The molecule has 0 spiro atoms. The summed E-state index contributed by atoms with van der Waals surface area (Å²) in [4.78, 5) is 31.7. The van der Waals surface area contributed by atoms with Crippen molar-refractivity contribution in [2.24, 2.45) is 22.7 Å². The van der Waals surface area contributed by atoms with Crippen LogP contribution in [0.5, 0.6) is 5.75 Å². The lowest BCUT2D eigenvalue weighted by Crippen LogP contribution is -2.57. The molecule has 2 fully saturated rings. The van der Waals surface area contributed by atoms with Gasteiger partial charge in [-0.05, 0) is 55.6 Å². The minimum atomic E-state index is -0.704. The SMILES string of the molecule is CC1(CO)C(O)CCC2(C)C(CC(=O)Nc3cccc(O)c3)c3nc(NC(=O)C4CCC4)sc3CC12. The van der Waals surface area contributed by atoms with Crippen LogP contribution in [0.15, 0.2) is 24.3 Å². The number of nitrogens with one attached hydrogen (secondary N) is 2. The summed E-state index contributed by atoms with van der Waals surface area (Å²) in [6.07, 6.45) is 4.32. The van der Waals surface area contributed by atoms with Gasteiger partial charge in [0, 0.05) is 40.3 Å². The van der Waals surface area contributed by atoms with E-state index in [-0.39, 0.29) is 53.8 Å². The van der Waals surface area contributed by atoms with Gasteiger partial charge in [-0.3, -0.25) is 9.59 Å². The molecular formula is C27H35N3O5S. The fraction of sp³-hybridized carbons (Fsp3) is 0.593. The number of anilines is 2. The molecule has 2 aromatic rings. The Morgan fingerprint density at radius 1 is 1.19 bits per heavy atom. The largest absolute Gasteiger partial charge is 0.508 e. The van der Waals surface area contributed by atoms with Crippen LogP contribution < -0.4 is 10.6 Å². The molecule has 2 saturated carbocycles. The first-order valence-corrected chi connectivity index (χ1v) is 13.6. The van der Waals surface area contributed by atoms with Crippen molar-refractivity contribution < 1.29 is 24.9 Å². The Morgan fingerprint density at radius 3 is 2.64 bits per heavy atom. The molecule has 0 saturated heterocycles. The molecule has 8 nitrogen and oxygen atoms in total. The maximum absolute atomic E-state index is 13.2. The molecule has 9 heteroatoms. The normalized spacial score (nSPS) is 31.6. The van der Waals surface area contributed by atoms with E-state index >= 15 is 0 Å². The van der Waals surface area contributed by atoms with Gasteiger partial charge in [0.2, 0.25) is 11.8 Å². The second-order valence-electron chi connectivity index (χ2n) is 11.3. The van der Waals surface area contributed by atoms with Crippen LogP contribution in [0.25, 0.3) is 0 Å². The molecule has 3 aliphatic carbocycles. The maximum atomic E-state index is 13.2. The number of fused-ring (bicyclic) bond motifs is 2. The van der Waals surface area contributed by atoms with Crippen LogP contribution in [0.4, 0.5) is 10.8 Å². The lowest BCUT2D eigenvalue weighted by molar-refractivity contribution is -0.143. The molecule has 3 aliphatic rings. The number of phenolic OH excluding ortho intramolecular Hbond substituents is 1. The monoisotopic (exact) mass is 513 g/mol. The number of aliphatic hydroxyl groups is 2. The number of benzene rings is 1. The molecule has 194 valence electrons. The Kier molecular flexibility index (Phi) is 6.59. The second-order valence-corrected chi connectivity index (χ2v) is 12.4. The summed E-state index contributed by atoms with van der Waals surface area (Å²) in [5.41, 5.74) is 0.279. The molecule has 5 atom stereocenters. The molecule has 2 amide bonds. The van der Waals surface area contributed by atoms with Crippen molar-refractivity contribution in [3.63, 3.8) is 0 Å². The fourth-order valence-corrected chi connectivity index (χ4v) is 7.63. The third-order valence-electron chi connectivity index (χ3n) is 9.12. The molecule has 5 N–H and O–H groups in total. The predicted molar refractivity (Wildman–Crippen MR) is 138 cm³/mol. The van der Waals surface area contributed by atoms with Crippen molar-refractivity contribution in [3.05, 3.63) is 34.8 Å². The summed E-state index contributed by atoms with van der Waals surface area (Å²) in [5.74, 6) is -0.366. The topological polar surface area (TPSA) is 132 Å². The summed E-state index contributed by atoms with van der Waals surface area (Å²) < 4.78 is 0. The molecule has 36 heavy (non-hydrogen) atoms. The first kappa shape index (κ1) is 25.2. The van der Waals surface area contributed by atoms with Crippen LogP contribution in [0.3, 0.4) is 0 Å². The van der Waals surface area contributed by atoms with E-state index < -0.39 is 11.5 Å². The van der Waals surface area contributed by atoms with Gasteiger partial charge in [-0.1, -0.05) is 26.3 Å². The van der Waals surface area contributed by atoms with Crippen molar-refractivity contribution in [2.45, 2.75) is 70.8 Å². The fourth-order valence-electron chi connectivity index (χ4n) is 6.56. The number of rotatable bonds is 6. The summed E-state index contributed by atoms with van der Waals surface area (Å²) in [7, 11) is 0. The van der Waals surface area contributed by atoms with E-state index in [2.05, 4.69) is 17.6 Å². The zero-order chi connectivity index (χ0) is 25.7. The van der Waals surface area contributed by atoms with Crippen LogP contribution in [0, 0.1) is 22.7 Å². The minimum absolute atomic E-state index is 0.00442. The van der Waals surface area contributed by atoms with Crippen molar-refractivity contribution in [1.29, 1.82) is 0 Å². The Bertz CT molecular complexity index is 1160. The van der Waals surface area contributed by atoms with Gasteiger partial charge in [0.15, 0.2) is 5.13 Å². The molecule has 5 rings (SSSR count). The third kappa shape index (κ3) is 4.31. The van der Waals surface area contributed by atoms with Crippen LogP contribution in [0.2, 0.25) is 0 Å². The zero-order valence-electron chi connectivity index (χ0n) is 20.8. The molecule has 0 radical (unpaired) electrons. The Balaban J connectivity index is 1.48. The highest BCUT2D eigenvalue weighted by Gasteiger charge is 2.59. The van der Waals surface area contributed by atoms with Crippen LogP contribution in [-0.4, -0.2) is 44.8 Å². The number of nitrogens with zero attached hydrogens (tertiary/aromatic N) is 1. The van der Waals surface area contributed by atoms with Gasteiger partial charge in [-0.2, -0.15) is 0 Å².